The van der Waals surface area contributed by atoms with Crippen LogP contribution in [-0.4, -0.2) is 11.1 Å². The summed E-state index contributed by atoms with van der Waals surface area (Å²) in [5.74, 6) is -1.66. The van der Waals surface area contributed by atoms with Crippen LogP contribution in [0.15, 0.2) is 42.5 Å². The Morgan fingerprint density at radius 3 is 2.42 bits per heavy atom. The number of aromatic carboxylic acids is 1. The van der Waals surface area contributed by atoms with E-state index in [1.54, 1.807) is 0 Å². The summed E-state index contributed by atoms with van der Waals surface area (Å²) in [6, 6.07) is 11.6. The Balaban J connectivity index is 2.43. The SMILES string of the molecule is CCCc1ccc(-c2ccc(F)cc2C(=O)O)cc1. The van der Waals surface area contributed by atoms with E-state index in [2.05, 4.69) is 6.92 Å². The van der Waals surface area contributed by atoms with Gasteiger partial charge in [-0.2, -0.15) is 0 Å². The fourth-order valence-electron chi connectivity index (χ4n) is 2.08. The van der Waals surface area contributed by atoms with Crippen molar-refractivity contribution in [2.24, 2.45) is 0 Å². The van der Waals surface area contributed by atoms with Gasteiger partial charge in [-0.15, -0.1) is 0 Å². The van der Waals surface area contributed by atoms with Crippen LogP contribution in [0.25, 0.3) is 11.1 Å². The van der Waals surface area contributed by atoms with Gasteiger partial charge in [0.1, 0.15) is 5.82 Å². The number of carboxylic acid groups (broad SMARTS) is 1. The minimum Gasteiger partial charge on any atom is -0.478 e. The van der Waals surface area contributed by atoms with Crippen molar-refractivity contribution < 1.29 is 14.3 Å². The molecule has 0 bridgehead atoms. The van der Waals surface area contributed by atoms with Crippen molar-refractivity contribution in [1.82, 2.24) is 0 Å². The lowest BCUT2D eigenvalue weighted by atomic mass is 9.98. The van der Waals surface area contributed by atoms with Crippen LogP contribution in [0.1, 0.15) is 29.3 Å². The maximum Gasteiger partial charge on any atom is 0.336 e. The van der Waals surface area contributed by atoms with Gasteiger partial charge in [0.15, 0.2) is 0 Å². The molecule has 98 valence electrons. The van der Waals surface area contributed by atoms with Crippen LogP contribution in [0.4, 0.5) is 4.39 Å². The summed E-state index contributed by atoms with van der Waals surface area (Å²) < 4.78 is 13.1. The van der Waals surface area contributed by atoms with E-state index in [1.807, 2.05) is 24.3 Å². The van der Waals surface area contributed by atoms with Crippen LogP contribution in [0.5, 0.6) is 0 Å². The molecule has 0 saturated carbocycles. The van der Waals surface area contributed by atoms with Crippen LogP contribution in [-0.2, 0) is 6.42 Å². The summed E-state index contributed by atoms with van der Waals surface area (Å²) in [5, 5.41) is 9.12. The Kier molecular flexibility index (Phi) is 3.95. The van der Waals surface area contributed by atoms with Gasteiger partial charge in [-0.25, -0.2) is 9.18 Å². The lowest BCUT2D eigenvalue weighted by Crippen LogP contribution is -2.00. The predicted molar refractivity (Wildman–Crippen MR) is 72.8 cm³/mol. The number of aryl methyl sites for hydroxylation is 1. The molecule has 0 aliphatic heterocycles. The Morgan fingerprint density at radius 2 is 1.84 bits per heavy atom. The maximum atomic E-state index is 13.1. The highest BCUT2D eigenvalue weighted by atomic mass is 19.1. The number of halogens is 1. The fraction of sp³-hybridized carbons (Fsp3) is 0.188. The zero-order chi connectivity index (χ0) is 13.8. The standard InChI is InChI=1S/C16H15FO2/c1-2-3-11-4-6-12(7-5-11)14-9-8-13(17)10-15(14)16(18)19/h4-10H,2-3H2,1H3,(H,18,19). The van der Waals surface area contributed by atoms with Gasteiger partial charge < -0.3 is 5.11 Å². The monoisotopic (exact) mass is 258 g/mol. The van der Waals surface area contributed by atoms with Crippen LogP contribution in [0.3, 0.4) is 0 Å². The third kappa shape index (κ3) is 2.99. The molecule has 0 fully saturated rings. The van der Waals surface area contributed by atoms with Gasteiger partial charge in [0.05, 0.1) is 5.56 Å². The predicted octanol–water partition coefficient (Wildman–Crippen LogP) is 4.14. The van der Waals surface area contributed by atoms with E-state index in [4.69, 9.17) is 5.11 Å². The molecule has 2 rings (SSSR count). The maximum absolute atomic E-state index is 13.1. The van der Waals surface area contributed by atoms with Gasteiger partial charge in [-0.3, -0.25) is 0 Å². The average Bonchev–Trinajstić information content (AvgIpc) is 2.40. The van der Waals surface area contributed by atoms with Crippen LogP contribution in [0, 0.1) is 5.82 Å². The highest BCUT2D eigenvalue weighted by Crippen LogP contribution is 2.25. The summed E-state index contributed by atoms with van der Waals surface area (Å²) in [7, 11) is 0. The van der Waals surface area contributed by atoms with E-state index in [1.165, 1.54) is 17.7 Å². The number of benzene rings is 2. The second kappa shape index (κ2) is 5.65. The van der Waals surface area contributed by atoms with Gasteiger partial charge in [0.25, 0.3) is 0 Å². The molecule has 3 heteroatoms. The molecular formula is C16H15FO2. The molecule has 19 heavy (non-hydrogen) atoms. The molecule has 0 heterocycles. The van der Waals surface area contributed by atoms with Crippen LogP contribution in [0.2, 0.25) is 0 Å². The Hall–Kier alpha value is -2.16. The Bertz CT molecular complexity index is 588. The summed E-state index contributed by atoms with van der Waals surface area (Å²) >= 11 is 0. The average molecular weight is 258 g/mol. The van der Waals surface area contributed by atoms with Crippen molar-refractivity contribution in [2.45, 2.75) is 19.8 Å². The third-order valence-electron chi connectivity index (χ3n) is 3.02. The first kappa shape index (κ1) is 13.3. The van der Waals surface area contributed by atoms with Gasteiger partial charge >= 0.3 is 5.97 Å². The highest BCUT2D eigenvalue weighted by Gasteiger charge is 2.12. The molecule has 2 aromatic rings. The first-order chi connectivity index (χ1) is 9.11. The van der Waals surface area contributed by atoms with Gasteiger partial charge in [0, 0.05) is 0 Å². The molecule has 0 radical (unpaired) electrons. The molecule has 0 aliphatic carbocycles. The molecule has 0 aliphatic rings. The molecule has 0 spiro atoms. The Labute approximate surface area is 111 Å². The molecular weight excluding hydrogens is 243 g/mol. The second-order valence-electron chi connectivity index (χ2n) is 4.44. The minimum absolute atomic E-state index is 0.0109. The summed E-state index contributed by atoms with van der Waals surface area (Å²) in [6.45, 7) is 2.11. The lowest BCUT2D eigenvalue weighted by molar-refractivity contribution is 0.0697. The first-order valence-electron chi connectivity index (χ1n) is 6.24. The second-order valence-corrected chi connectivity index (χ2v) is 4.44. The lowest BCUT2D eigenvalue weighted by Gasteiger charge is -2.07. The highest BCUT2D eigenvalue weighted by molar-refractivity contribution is 5.96. The van der Waals surface area contributed by atoms with Crippen LogP contribution < -0.4 is 0 Å². The van der Waals surface area contributed by atoms with E-state index in [-0.39, 0.29) is 5.56 Å². The molecule has 2 nitrogen and oxygen atoms in total. The van der Waals surface area contributed by atoms with Crippen molar-refractivity contribution >= 4 is 5.97 Å². The fourth-order valence-corrected chi connectivity index (χ4v) is 2.08. The zero-order valence-corrected chi connectivity index (χ0v) is 10.7. The number of rotatable bonds is 4. The van der Waals surface area contributed by atoms with Crippen molar-refractivity contribution in [3.63, 3.8) is 0 Å². The van der Waals surface area contributed by atoms with Gasteiger partial charge in [0.2, 0.25) is 0 Å². The molecule has 0 saturated heterocycles. The van der Waals surface area contributed by atoms with E-state index in [0.717, 1.165) is 24.5 Å². The van der Waals surface area contributed by atoms with Gasteiger partial charge in [-0.05, 0) is 35.2 Å². The van der Waals surface area contributed by atoms with Crippen LogP contribution >= 0.6 is 0 Å². The van der Waals surface area contributed by atoms with E-state index in [9.17, 15) is 9.18 Å². The molecule has 2 aromatic carbocycles. The topological polar surface area (TPSA) is 37.3 Å². The third-order valence-corrected chi connectivity index (χ3v) is 3.02. The number of hydrogen-bond donors (Lipinski definition) is 1. The van der Waals surface area contributed by atoms with Crippen molar-refractivity contribution in [1.29, 1.82) is 0 Å². The largest absolute Gasteiger partial charge is 0.478 e. The smallest absolute Gasteiger partial charge is 0.336 e. The summed E-state index contributed by atoms with van der Waals surface area (Å²) in [4.78, 5) is 11.2. The molecule has 1 N–H and O–H groups in total. The minimum atomic E-state index is -1.12. The normalized spacial score (nSPS) is 10.4. The number of carboxylic acids is 1. The Morgan fingerprint density at radius 1 is 1.16 bits per heavy atom. The van der Waals surface area contributed by atoms with Crippen molar-refractivity contribution in [2.75, 3.05) is 0 Å². The number of carbonyl (C=O) groups is 1. The summed E-state index contributed by atoms with van der Waals surface area (Å²) in [5.41, 5.74) is 2.53. The summed E-state index contributed by atoms with van der Waals surface area (Å²) in [6.07, 6.45) is 2.06. The molecule has 0 atom stereocenters. The van der Waals surface area contributed by atoms with E-state index < -0.39 is 11.8 Å². The molecule has 0 aromatic heterocycles. The zero-order valence-electron chi connectivity index (χ0n) is 10.7. The van der Waals surface area contributed by atoms with Crippen molar-refractivity contribution in [3.05, 3.63) is 59.4 Å². The van der Waals surface area contributed by atoms with Crippen molar-refractivity contribution in [3.8, 4) is 11.1 Å². The van der Waals surface area contributed by atoms with Gasteiger partial charge in [-0.1, -0.05) is 43.7 Å². The molecule has 0 amide bonds. The first-order valence-corrected chi connectivity index (χ1v) is 6.24. The van der Waals surface area contributed by atoms with E-state index in [0.29, 0.717) is 5.56 Å². The quantitative estimate of drug-likeness (QED) is 0.894. The number of hydrogen-bond acceptors (Lipinski definition) is 1. The molecule has 0 unspecified atom stereocenters. The van der Waals surface area contributed by atoms with E-state index >= 15 is 0 Å².